The molecule has 0 aliphatic rings. The first-order valence-electron chi connectivity index (χ1n) is 9.61. The molecule has 0 bridgehead atoms. The molecular weight excluding hydrogens is 354 g/mol. The van der Waals surface area contributed by atoms with E-state index in [1.807, 2.05) is 29.8 Å². The van der Waals surface area contributed by atoms with Gasteiger partial charge < -0.3 is 14.5 Å². The van der Waals surface area contributed by atoms with Crippen molar-refractivity contribution in [2.45, 2.75) is 46.3 Å². The zero-order chi connectivity index (χ0) is 19.9. The van der Waals surface area contributed by atoms with E-state index in [-0.39, 0.29) is 12.5 Å². The van der Waals surface area contributed by atoms with Crippen molar-refractivity contribution in [1.29, 1.82) is 0 Å². The van der Waals surface area contributed by atoms with Crippen molar-refractivity contribution >= 4 is 5.91 Å². The standard InChI is InChI=1S/C22H27N3O3/c1-16(2)18-5-7-19(8-6-18)27-15-20-9-10-21(28-20)22(26)23-12-4-14-25-17(3)11-13-24-25/h5-11,13,16H,4,12,14-15H2,1-3H3,(H,23,26). The molecule has 2 aromatic heterocycles. The lowest BCUT2D eigenvalue weighted by Gasteiger charge is -2.08. The molecule has 0 radical (unpaired) electrons. The maximum atomic E-state index is 12.2. The van der Waals surface area contributed by atoms with Crippen LogP contribution in [-0.4, -0.2) is 22.2 Å². The second kappa shape index (κ2) is 9.26. The fraction of sp³-hybridized carbons (Fsp3) is 0.364. The molecule has 0 saturated heterocycles. The number of rotatable bonds is 9. The summed E-state index contributed by atoms with van der Waals surface area (Å²) in [4.78, 5) is 12.2. The minimum atomic E-state index is -0.218. The number of hydrogen-bond acceptors (Lipinski definition) is 4. The molecule has 0 saturated carbocycles. The minimum absolute atomic E-state index is 0.218. The van der Waals surface area contributed by atoms with Crippen LogP contribution in [0.2, 0.25) is 0 Å². The van der Waals surface area contributed by atoms with Crippen LogP contribution in [0.3, 0.4) is 0 Å². The predicted molar refractivity (Wildman–Crippen MR) is 107 cm³/mol. The zero-order valence-corrected chi connectivity index (χ0v) is 16.6. The lowest BCUT2D eigenvalue weighted by molar-refractivity contribution is 0.0921. The smallest absolute Gasteiger partial charge is 0.286 e. The van der Waals surface area contributed by atoms with Gasteiger partial charge in [0.1, 0.15) is 18.1 Å². The van der Waals surface area contributed by atoms with Gasteiger partial charge >= 0.3 is 0 Å². The molecule has 1 amide bonds. The van der Waals surface area contributed by atoms with Crippen LogP contribution in [0, 0.1) is 6.92 Å². The molecule has 1 aromatic carbocycles. The van der Waals surface area contributed by atoms with E-state index in [4.69, 9.17) is 9.15 Å². The Morgan fingerprint density at radius 3 is 2.64 bits per heavy atom. The zero-order valence-electron chi connectivity index (χ0n) is 16.6. The maximum Gasteiger partial charge on any atom is 0.286 e. The van der Waals surface area contributed by atoms with Gasteiger partial charge in [0.15, 0.2) is 5.76 Å². The number of carbonyl (C=O) groups is 1. The Kier molecular flexibility index (Phi) is 6.53. The van der Waals surface area contributed by atoms with Gasteiger partial charge in [0.25, 0.3) is 5.91 Å². The predicted octanol–water partition coefficient (Wildman–Crippen LogP) is 4.31. The Hall–Kier alpha value is -3.02. The molecule has 6 nitrogen and oxygen atoms in total. The summed E-state index contributed by atoms with van der Waals surface area (Å²) < 4.78 is 13.3. The molecule has 0 unspecified atom stereocenters. The van der Waals surface area contributed by atoms with E-state index in [1.165, 1.54) is 5.56 Å². The average Bonchev–Trinajstić information content (AvgIpc) is 3.33. The molecule has 3 aromatic rings. The molecule has 1 N–H and O–H groups in total. The molecule has 0 aliphatic heterocycles. The van der Waals surface area contributed by atoms with Crippen molar-refractivity contribution < 1.29 is 13.9 Å². The highest BCUT2D eigenvalue weighted by molar-refractivity contribution is 5.91. The molecule has 6 heteroatoms. The van der Waals surface area contributed by atoms with Crippen LogP contribution in [0.1, 0.15) is 53.8 Å². The van der Waals surface area contributed by atoms with Crippen LogP contribution >= 0.6 is 0 Å². The van der Waals surface area contributed by atoms with Crippen LogP contribution in [-0.2, 0) is 13.2 Å². The third kappa shape index (κ3) is 5.25. The van der Waals surface area contributed by atoms with E-state index < -0.39 is 0 Å². The van der Waals surface area contributed by atoms with E-state index in [0.29, 0.717) is 24.0 Å². The normalized spacial score (nSPS) is 11.0. The summed E-state index contributed by atoms with van der Waals surface area (Å²) in [5.74, 6) is 1.96. The first-order valence-corrected chi connectivity index (χ1v) is 9.61. The Balaban J connectivity index is 1.42. The van der Waals surface area contributed by atoms with Gasteiger partial charge in [-0.05, 0) is 55.2 Å². The van der Waals surface area contributed by atoms with Gasteiger partial charge in [-0.1, -0.05) is 26.0 Å². The van der Waals surface area contributed by atoms with E-state index in [2.05, 4.69) is 36.4 Å². The first kappa shape index (κ1) is 19.7. The molecule has 0 spiro atoms. The Morgan fingerprint density at radius 2 is 1.96 bits per heavy atom. The monoisotopic (exact) mass is 381 g/mol. The van der Waals surface area contributed by atoms with Crippen LogP contribution in [0.4, 0.5) is 0 Å². The summed E-state index contributed by atoms with van der Waals surface area (Å²) in [6, 6.07) is 13.4. The molecular formula is C22H27N3O3. The molecule has 0 fully saturated rings. The highest BCUT2D eigenvalue weighted by Crippen LogP contribution is 2.20. The third-order valence-corrected chi connectivity index (χ3v) is 4.57. The fourth-order valence-electron chi connectivity index (χ4n) is 2.83. The summed E-state index contributed by atoms with van der Waals surface area (Å²) in [7, 11) is 0. The van der Waals surface area contributed by atoms with Crippen LogP contribution in [0.5, 0.6) is 5.75 Å². The van der Waals surface area contributed by atoms with E-state index in [1.54, 1.807) is 18.3 Å². The SMILES string of the molecule is Cc1ccnn1CCCNC(=O)c1ccc(COc2ccc(C(C)C)cc2)o1. The molecule has 0 atom stereocenters. The fourth-order valence-corrected chi connectivity index (χ4v) is 2.83. The molecule has 28 heavy (non-hydrogen) atoms. The van der Waals surface area contributed by atoms with Gasteiger partial charge in [-0.2, -0.15) is 5.10 Å². The number of furan rings is 1. The van der Waals surface area contributed by atoms with E-state index in [0.717, 1.165) is 24.4 Å². The average molecular weight is 381 g/mol. The Bertz CT molecular complexity index is 894. The molecule has 0 aliphatic carbocycles. The molecule has 148 valence electrons. The number of amides is 1. The van der Waals surface area contributed by atoms with Gasteiger partial charge in [0, 0.05) is 25.0 Å². The second-order valence-electron chi connectivity index (χ2n) is 7.08. The number of aromatic nitrogens is 2. The van der Waals surface area contributed by atoms with Crippen molar-refractivity contribution in [3.8, 4) is 5.75 Å². The Labute approximate surface area is 165 Å². The van der Waals surface area contributed by atoms with Gasteiger partial charge in [0.05, 0.1) is 0 Å². The topological polar surface area (TPSA) is 69.3 Å². The maximum absolute atomic E-state index is 12.2. The first-order chi connectivity index (χ1) is 13.5. The Morgan fingerprint density at radius 1 is 1.18 bits per heavy atom. The number of carbonyl (C=O) groups excluding carboxylic acids is 1. The van der Waals surface area contributed by atoms with Gasteiger partial charge in [-0.15, -0.1) is 0 Å². The largest absolute Gasteiger partial charge is 0.486 e. The summed E-state index contributed by atoms with van der Waals surface area (Å²) in [6.07, 6.45) is 2.58. The lowest BCUT2D eigenvalue weighted by atomic mass is 10.0. The summed E-state index contributed by atoms with van der Waals surface area (Å²) >= 11 is 0. The third-order valence-electron chi connectivity index (χ3n) is 4.57. The number of benzene rings is 1. The second-order valence-corrected chi connectivity index (χ2v) is 7.08. The number of nitrogens with zero attached hydrogens (tertiary/aromatic N) is 2. The highest BCUT2D eigenvalue weighted by Gasteiger charge is 2.11. The van der Waals surface area contributed by atoms with Crippen molar-refractivity contribution in [3.05, 3.63) is 71.4 Å². The van der Waals surface area contributed by atoms with Crippen molar-refractivity contribution in [2.75, 3.05) is 6.54 Å². The van der Waals surface area contributed by atoms with Crippen LogP contribution < -0.4 is 10.1 Å². The van der Waals surface area contributed by atoms with Crippen molar-refractivity contribution in [3.63, 3.8) is 0 Å². The van der Waals surface area contributed by atoms with Crippen molar-refractivity contribution in [2.24, 2.45) is 0 Å². The summed E-state index contributed by atoms with van der Waals surface area (Å²) in [6.45, 7) is 7.94. The van der Waals surface area contributed by atoms with Crippen LogP contribution in [0.15, 0.2) is 53.1 Å². The minimum Gasteiger partial charge on any atom is -0.486 e. The van der Waals surface area contributed by atoms with E-state index >= 15 is 0 Å². The molecule has 2 heterocycles. The molecule has 3 rings (SSSR count). The number of ether oxygens (including phenoxy) is 1. The van der Waals surface area contributed by atoms with Crippen LogP contribution in [0.25, 0.3) is 0 Å². The highest BCUT2D eigenvalue weighted by atomic mass is 16.5. The quantitative estimate of drug-likeness (QED) is 0.561. The number of nitrogens with one attached hydrogen (secondary N) is 1. The van der Waals surface area contributed by atoms with Gasteiger partial charge in [-0.3, -0.25) is 9.48 Å². The van der Waals surface area contributed by atoms with E-state index in [9.17, 15) is 4.79 Å². The summed E-state index contributed by atoms with van der Waals surface area (Å²) in [5, 5.41) is 7.09. The van der Waals surface area contributed by atoms with Crippen molar-refractivity contribution in [1.82, 2.24) is 15.1 Å². The number of aryl methyl sites for hydroxylation is 2. The van der Waals surface area contributed by atoms with Gasteiger partial charge in [0.2, 0.25) is 0 Å². The summed E-state index contributed by atoms with van der Waals surface area (Å²) in [5.41, 5.74) is 2.38. The van der Waals surface area contributed by atoms with Gasteiger partial charge in [-0.25, -0.2) is 0 Å². The number of hydrogen-bond donors (Lipinski definition) is 1. The lowest BCUT2D eigenvalue weighted by Crippen LogP contribution is -2.25.